The van der Waals surface area contributed by atoms with E-state index >= 15 is 0 Å². The Hall–Kier alpha value is -2.57. The molecule has 2 heterocycles. The van der Waals surface area contributed by atoms with Crippen LogP contribution in [-0.2, 0) is 4.79 Å². The van der Waals surface area contributed by atoms with Gasteiger partial charge >= 0.3 is 0 Å². The van der Waals surface area contributed by atoms with Crippen molar-refractivity contribution in [1.29, 1.82) is 0 Å². The molecule has 1 unspecified atom stereocenters. The molecule has 0 bridgehead atoms. The molecule has 7 nitrogen and oxygen atoms in total. The summed E-state index contributed by atoms with van der Waals surface area (Å²) in [5, 5.41) is 0.702. The predicted octanol–water partition coefficient (Wildman–Crippen LogP) is 0.566. The fourth-order valence-corrected chi connectivity index (χ4v) is 2.22. The molecule has 1 aliphatic rings. The van der Waals surface area contributed by atoms with Gasteiger partial charge in [0.15, 0.2) is 11.9 Å². The molecule has 1 fully saturated rings. The lowest BCUT2D eigenvalue weighted by Gasteiger charge is -2.14. The first kappa shape index (κ1) is 13.4. The lowest BCUT2D eigenvalue weighted by Crippen LogP contribution is -2.33. The SMILES string of the molecule is CC(Oc1cc2cc(N)cnc2n(C2CC2)c1=O)C(N)=O. The summed E-state index contributed by atoms with van der Waals surface area (Å²) >= 11 is 0. The molecule has 21 heavy (non-hydrogen) atoms. The zero-order valence-electron chi connectivity index (χ0n) is 11.6. The van der Waals surface area contributed by atoms with Crippen molar-refractivity contribution in [3.05, 3.63) is 28.7 Å². The van der Waals surface area contributed by atoms with Crippen molar-refractivity contribution in [2.75, 3.05) is 5.73 Å². The predicted molar refractivity (Wildman–Crippen MR) is 78.0 cm³/mol. The van der Waals surface area contributed by atoms with Crippen LogP contribution in [0.15, 0.2) is 23.1 Å². The average molecular weight is 288 g/mol. The van der Waals surface area contributed by atoms with Crippen molar-refractivity contribution in [2.24, 2.45) is 5.73 Å². The number of ether oxygens (including phenoxy) is 1. The molecular weight excluding hydrogens is 272 g/mol. The highest BCUT2D eigenvalue weighted by atomic mass is 16.5. The maximum atomic E-state index is 12.5. The monoisotopic (exact) mass is 288 g/mol. The fourth-order valence-electron chi connectivity index (χ4n) is 2.22. The normalized spacial score (nSPS) is 15.9. The Labute approximate surface area is 120 Å². The molecule has 0 saturated heterocycles. The van der Waals surface area contributed by atoms with Gasteiger partial charge in [0.25, 0.3) is 11.5 Å². The van der Waals surface area contributed by atoms with Crippen LogP contribution in [0.2, 0.25) is 0 Å². The van der Waals surface area contributed by atoms with Gasteiger partial charge in [0.1, 0.15) is 5.65 Å². The minimum absolute atomic E-state index is 0.0908. The number of carbonyl (C=O) groups excluding carboxylic acids is 1. The van der Waals surface area contributed by atoms with E-state index in [1.54, 1.807) is 16.7 Å². The zero-order chi connectivity index (χ0) is 15.1. The molecule has 3 rings (SSSR count). The number of rotatable bonds is 4. The Kier molecular flexibility index (Phi) is 3.04. The number of nitrogen functional groups attached to an aromatic ring is 1. The van der Waals surface area contributed by atoms with Crippen molar-refractivity contribution in [3.63, 3.8) is 0 Å². The highest BCUT2D eigenvalue weighted by Gasteiger charge is 2.28. The van der Waals surface area contributed by atoms with Gasteiger partial charge in [-0.05, 0) is 31.9 Å². The molecule has 4 N–H and O–H groups in total. The van der Waals surface area contributed by atoms with Crippen LogP contribution in [0.4, 0.5) is 5.69 Å². The molecule has 0 spiro atoms. The minimum Gasteiger partial charge on any atom is -0.475 e. The molecule has 0 aromatic carbocycles. The second-order valence-corrected chi connectivity index (χ2v) is 5.26. The number of fused-ring (bicyclic) bond motifs is 1. The molecule has 2 aromatic rings. The van der Waals surface area contributed by atoms with Crippen LogP contribution >= 0.6 is 0 Å². The second-order valence-electron chi connectivity index (χ2n) is 5.26. The molecule has 0 aliphatic heterocycles. The Balaban J connectivity index is 2.18. The van der Waals surface area contributed by atoms with Gasteiger partial charge in [0, 0.05) is 11.4 Å². The number of amides is 1. The maximum absolute atomic E-state index is 12.5. The van der Waals surface area contributed by atoms with Crippen LogP contribution in [0.5, 0.6) is 5.75 Å². The van der Waals surface area contributed by atoms with Crippen LogP contribution < -0.4 is 21.8 Å². The topological polar surface area (TPSA) is 113 Å². The van der Waals surface area contributed by atoms with E-state index in [2.05, 4.69) is 4.98 Å². The molecule has 110 valence electrons. The van der Waals surface area contributed by atoms with Crippen LogP contribution in [0.1, 0.15) is 25.8 Å². The molecule has 0 radical (unpaired) electrons. The number of primary amides is 1. The number of carbonyl (C=O) groups is 1. The lowest BCUT2D eigenvalue weighted by atomic mass is 10.2. The van der Waals surface area contributed by atoms with Gasteiger partial charge in [-0.3, -0.25) is 14.2 Å². The van der Waals surface area contributed by atoms with E-state index in [4.69, 9.17) is 16.2 Å². The first-order chi connectivity index (χ1) is 9.97. The number of nitrogens with zero attached hydrogens (tertiary/aromatic N) is 2. The highest BCUT2D eigenvalue weighted by Crippen LogP contribution is 2.36. The lowest BCUT2D eigenvalue weighted by molar-refractivity contribution is -0.124. The van der Waals surface area contributed by atoms with E-state index in [0.29, 0.717) is 16.7 Å². The quantitative estimate of drug-likeness (QED) is 0.853. The Bertz CT molecular complexity index is 780. The van der Waals surface area contributed by atoms with E-state index in [9.17, 15) is 9.59 Å². The standard InChI is InChI=1S/C14H16N4O3/c1-7(12(16)19)21-11-5-8-4-9(15)6-17-13(8)18(14(11)20)10-2-3-10/h4-7,10H,2-3,15H2,1H3,(H2,16,19). The van der Waals surface area contributed by atoms with E-state index in [1.165, 1.54) is 13.1 Å². The van der Waals surface area contributed by atoms with Crippen molar-refractivity contribution in [1.82, 2.24) is 9.55 Å². The summed E-state index contributed by atoms with van der Waals surface area (Å²) < 4.78 is 7.01. The minimum atomic E-state index is -0.878. The van der Waals surface area contributed by atoms with Gasteiger partial charge in [-0.15, -0.1) is 0 Å². The first-order valence-electron chi connectivity index (χ1n) is 6.74. The van der Waals surface area contributed by atoms with Gasteiger partial charge < -0.3 is 16.2 Å². The van der Waals surface area contributed by atoms with E-state index in [1.807, 2.05) is 0 Å². The van der Waals surface area contributed by atoms with Crippen molar-refractivity contribution in [2.45, 2.75) is 31.9 Å². The Morgan fingerprint density at radius 2 is 2.19 bits per heavy atom. The summed E-state index contributed by atoms with van der Waals surface area (Å²) in [5.74, 6) is -0.536. The Morgan fingerprint density at radius 1 is 1.48 bits per heavy atom. The van der Waals surface area contributed by atoms with Crippen LogP contribution in [0.3, 0.4) is 0 Å². The summed E-state index contributed by atoms with van der Waals surface area (Å²) in [6.45, 7) is 1.50. The third-order valence-corrected chi connectivity index (χ3v) is 3.48. The van der Waals surface area contributed by atoms with Crippen molar-refractivity contribution >= 4 is 22.6 Å². The maximum Gasteiger partial charge on any atom is 0.294 e. The van der Waals surface area contributed by atoms with Crippen LogP contribution in [0, 0.1) is 0 Å². The number of pyridine rings is 2. The summed E-state index contributed by atoms with van der Waals surface area (Å²) in [7, 11) is 0. The third kappa shape index (κ3) is 2.42. The van der Waals surface area contributed by atoms with E-state index < -0.39 is 12.0 Å². The summed E-state index contributed by atoms with van der Waals surface area (Å²) in [5.41, 5.74) is 11.7. The van der Waals surface area contributed by atoms with Crippen molar-refractivity contribution < 1.29 is 9.53 Å². The number of anilines is 1. The summed E-state index contributed by atoms with van der Waals surface area (Å²) in [4.78, 5) is 27.9. The molecule has 7 heteroatoms. The van der Waals surface area contributed by atoms with Crippen LogP contribution in [-0.4, -0.2) is 21.6 Å². The van der Waals surface area contributed by atoms with Gasteiger partial charge in [-0.1, -0.05) is 0 Å². The third-order valence-electron chi connectivity index (χ3n) is 3.48. The molecule has 2 aromatic heterocycles. The zero-order valence-corrected chi connectivity index (χ0v) is 11.6. The summed E-state index contributed by atoms with van der Waals surface area (Å²) in [6.07, 6.45) is 2.50. The Morgan fingerprint density at radius 3 is 2.81 bits per heavy atom. The largest absolute Gasteiger partial charge is 0.475 e. The number of hydrogen-bond donors (Lipinski definition) is 2. The van der Waals surface area contributed by atoms with Crippen molar-refractivity contribution in [3.8, 4) is 5.75 Å². The van der Waals surface area contributed by atoms with Crippen LogP contribution in [0.25, 0.3) is 11.0 Å². The average Bonchev–Trinajstić information content (AvgIpc) is 3.24. The van der Waals surface area contributed by atoms with E-state index in [0.717, 1.165) is 12.8 Å². The molecule has 1 aliphatic carbocycles. The molecule has 1 saturated carbocycles. The number of nitrogens with two attached hydrogens (primary N) is 2. The smallest absolute Gasteiger partial charge is 0.294 e. The number of hydrogen-bond acceptors (Lipinski definition) is 5. The molecule has 1 atom stereocenters. The second kappa shape index (κ2) is 4.76. The van der Waals surface area contributed by atoms with E-state index in [-0.39, 0.29) is 17.4 Å². The van der Waals surface area contributed by atoms with Gasteiger partial charge in [-0.25, -0.2) is 4.98 Å². The number of aromatic nitrogens is 2. The summed E-state index contributed by atoms with van der Waals surface area (Å²) in [6, 6.07) is 3.41. The molecule has 1 amide bonds. The fraction of sp³-hybridized carbons (Fsp3) is 0.357. The van der Waals surface area contributed by atoms with Gasteiger partial charge in [-0.2, -0.15) is 0 Å². The highest BCUT2D eigenvalue weighted by molar-refractivity contribution is 5.81. The first-order valence-corrected chi connectivity index (χ1v) is 6.74. The molecular formula is C14H16N4O3. The van der Waals surface area contributed by atoms with Gasteiger partial charge in [0.05, 0.1) is 11.9 Å². The van der Waals surface area contributed by atoms with Gasteiger partial charge in [0.2, 0.25) is 0 Å².